The Morgan fingerprint density at radius 2 is 2.00 bits per heavy atom. The zero-order valence-corrected chi connectivity index (χ0v) is 9.65. The van der Waals surface area contributed by atoms with Gasteiger partial charge in [0.25, 0.3) is 0 Å². The molecule has 0 aromatic carbocycles. The van der Waals surface area contributed by atoms with Gasteiger partial charge in [-0.3, -0.25) is 9.00 Å². The second-order valence-electron chi connectivity index (χ2n) is 4.32. The topological polar surface area (TPSA) is 58.2 Å². The van der Waals surface area contributed by atoms with Crippen molar-refractivity contribution in [2.24, 2.45) is 5.92 Å². The summed E-state index contributed by atoms with van der Waals surface area (Å²) in [5.74, 6) is 1.82. The molecular weight excluding hydrogens is 212 g/mol. The Morgan fingerprint density at radius 3 is 2.60 bits per heavy atom. The molecule has 0 saturated carbocycles. The summed E-state index contributed by atoms with van der Waals surface area (Å²) < 4.78 is 11.1. The van der Waals surface area contributed by atoms with Gasteiger partial charge in [0, 0.05) is 34.9 Å². The molecule has 0 radical (unpaired) electrons. The zero-order chi connectivity index (χ0) is 10.7. The number of amides is 1. The summed E-state index contributed by atoms with van der Waals surface area (Å²) in [7, 11) is -0.641. The first-order chi connectivity index (χ1) is 7.25. The van der Waals surface area contributed by atoms with Crippen LogP contribution in [0.15, 0.2) is 0 Å². The van der Waals surface area contributed by atoms with Crippen LogP contribution in [-0.4, -0.2) is 40.8 Å². The number of hydrogen-bond acceptors (Lipinski definition) is 3. The summed E-state index contributed by atoms with van der Waals surface area (Å²) in [5, 5.41) is 6.26. The summed E-state index contributed by atoms with van der Waals surface area (Å²) >= 11 is 0. The van der Waals surface area contributed by atoms with Gasteiger partial charge in [-0.25, -0.2) is 0 Å². The molecule has 0 spiro atoms. The lowest BCUT2D eigenvalue weighted by Gasteiger charge is -2.23. The Bertz CT molecular complexity index is 254. The third kappa shape index (κ3) is 3.01. The van der Waals surface area contributed by atoms with Gasteiger partial charge in [0.2, 0.25) is 5.91 Å². The van der Waals surface area contributed by atoms with Crippen molar-refractivity contribution in [2.75, 3.05) is 24.6 Å². The largest absolute Gasteiger partial charge is 0.353 e. The van der Waals surface area contributed by atoms with Gasteiger partial charge in [-0.05, 0) is 25.8 Å². The maximum atomic E-state index is 11.8. The Labute approximate surface area is 92.6 Å². The van der Waals surface area contributed by atoms with Crippen LogP contribution in [0.2, 0.25) is 0 Å². The van der Waals surface area contributed by atoms with Crippen LogP contribution >= 0.6 is 0 Å². The van der Waals surface area contributed by atoms with Crippen molar-refractivity contribution in [1.29, 1.82) is 0 Å². The normalized spacial score (nSPS) is 36.4. The van der Waals surface area contributed by atoms with E-state index in [1.807, 2.05) is 0 Å². The lowest BCUT2D eigenvalue weighted by molar-refractivity contribution is -0.125. The number of hydrogen-bond donors (Lipinski definition) is 2. The van der Waals surface area contributed by atoms with E-state index >= 15 is 0 Å². The molecule has 2 saturated heterocycles. The third-order valence-electron chi connectivity index (χ3n) is 3.17. The number of carbonyl (C=O) groups excluding carboxylic acids is 1. The lowest BCUT2D eigenvalue weighted by Crippen LogP contribution is -2.42. The van der Waals surface area contributed by atoms with E-state index in [4.69, 9.17) is 0 Å². The second kappa shape index (κ2) is 5.07. The minimum Gasteiger partial charge on any atom is -0.353 e. The van der Waals surface area contributed by atoms with Gasteiger partial charge in [0.15, 0.2) is 0 Å². The van der Waals surface area contributed by atoms with E-state index in [0.717, 1.165) is 43.9 Å². The van der Waals surface area contributed by atoms with Gasteiger partial charge in [-0.1, -0.05) is 0 Å². The Hall–Kier alpha value is -0.420. The highest BCUT2D eigenvalue weighted by molar-refractivity contribution is 7.85. The standard InChI is InChI=1S/C10H18N2O2S/c13-10(8-1-4-11-7-8)12-9-2-5-15(14)6-3-9/h8-9,11H,1-7H2,(H,12,13). The Balaban J connectivity index is 1.76. The van der Waals surface area contributed by atoms with E-state index in [0.29, 0.717) is 0 Å². The van der Waals surface area contributed by atoms with E-state index in [1.165, 1.54) is 0 Å². The summed E-state index contributed by atoms with van der Waals surface area (Å²) in [6, 6.07) is 0.260. The smallest absolute Gasteiger partial charge is 0.224 e. The van der Waals surface area contributed by atoms with Crippen molar-refractivity contribution in [3.05, 3.63) is 0 Å². The predicted molar refractivity (Wildman–Crippen MR) is 60.0 cm³/mol. The first-order valence-corrected chi connectivity index (χ1v) is 7.10. The maximum Gasteiger partial charge on any atom is 0.224 e. The molecule has 2 rings (SSSR count). The molecule has 2 N–H and O–H groups in total. The molecule has 1 atom stereocenters. The van der Waals surface area contributed by atoms with E-state index in [-0.39, 0.29) is 17.9 Å². The second-order valence-corrected chi connectivity index (χ2v) is 6.02. The minimum absolute atomic E-state index is 0.150. The van der Waals surface area contributed by atoms with Crippen molar-refractivity contribution in [1.82, 2.24) is 10.6 Å². The van der Waals surface area contributed by atoms with Crippen LogP contribution in [0.25, 0.3) is 0 Å². The van der Waals surface area contributed by atoms with E-state index < -0.39 is 10.8 Å². The summed E-state index contributed by atoms with van der Waals surface area (Å²) in [6.45, 7) is 1.76. The lowest BCUT2D eigenvalue weighted by atomic mass is 10.1. The molecule has 2 heterocycles. The van der Waals surface area contributed by atoms with Crippen LogP contribution in [0.3, 0.4) is 0 Å². The molecule has 4 nitrogen and oxygen atoms in total. The molecule has 0 aromatic rings. The van der Waals surface area contributed by atoms with Crippen LogP contribution in [-0.2, 0) is 15.6 Å². The Morgan fingerprint density at radius 1 is 1.27 bits per heavy atom. The fourth-order valence-corrected chi connectivity index (χ4v) is 3.43. The van der Waals surface area contributed by atoms with E-state index in [2.05, 4.69) is 10.6 Å². The quantitative estimate of drug-likeness (QED) is 0.680. The van der Waals surface area contributed by atoms with E-state index in [9.17, 15) is 9.00 Å². The first-order valence-electron chi connectivity index (χ1n) is 5.62. The first kappa shape index (κ1) is 11.1. The molecule has 0 aromatic heterocycles. The van der Waals surface area contributed by atoms with Crippen molar-refractivity contribution in [2.45, 2.75) is 25.3 Å². The summed E-state index contributed by atoms with van der Waals surface area (Å²) in [5.41, 5.74) is 0. The van der Waals surface area contributed by atoms with Crippen molar-refractivity contribution >= 4 is 16.7 Å². The van der Waals surface area contributed by atoms with Gasteiger partial charge in [0.1, 0.15) is 0 Å². The SMILES string of the molecule is O=C(NC1CCS(=O)CC1)C1CCNC1. The van der Waals surface area contributed by atoms with Crippen molar-refractivity contribution in [3.63, 3.8) is 0 Å². The molecule has 2 fully saturated rings. The van der Waals surface area contributed by atoms with Crippen molar-refractivity contribution in [3.8, 4) is 0 Å². The molecule has 86 valence electrons. The van der Waals surface area contributed by atoms with E-state index in [1.54, 1.807) is 0 Å². The number of rotatable bonds is 2. The fraction of sp³-hybridized carbons (Fsp3) is 0.900. The maximum absolute atomic E-state index is 11.8. The monoisotopic (exact) mass is 230 g/mol. The van der Waals surface area contributed by atoms with Crippen LogP contribution in [0.4, 0.5) is 0 Å². The molecule has 15 heavy (non-hydrogen) atoms. The zero-order valence-electron chi connectivity index (χ0n) is 8.83. The Kier molecular flexibility index (Phi) is 3.75. The molecular formula is C10H18N2O2S. The molecule has 5 heteroatoms. The van der Waals surface area contributed by atoms with Gasteiger partial charge in [-0.15, -0.1) is 0 Å². The third-order valence-corrected chi connectivity index (χ3v) is 4.55. The molecule has 0 bridgehead atoms. The molecule has 1 unspecified atom stereocenters. The minimum atomic E-state index is -0.641. The molecule has 2 aliphatic heterocycles. The molecule has 2 aliphatic rings. The van der Waals surface area contributed by atoms with Crippen LogP contribution in [0, 0.1) is 5.92 Å². The summed E-state index contributed by atoms with van der Waals surface area (Å²) in [4.78, 5) is 11.8. The average molecular weight is 230 g/mol. The van der Waals surface area contributed by atoms with Gasteiger partial charge in [0.05, 0.1) is 5.92 Å². The average Bonchev–Trinajstić information content (AvgIpc) is 2.74. The predicted octanol–water partition coefficient (Wildman–Crippen LogP) is -0.377. The molecule has 0 aliphatic carbocycles. The van der Waals surface area contributed by atoms with Gasteiger partial charge < -0.3 is 10.6 Å². The van der Waals surface area contributed by atoms with Crippen LogP contribution in [0.5, 0.6) is 0 Å². The molecule has 1 amide bonds. The van der Waals surface area contributed by atoms with Crippen LogP contribution < -0.4 is 10.6 Å². The van der Waals surface area contributed by atoms with Crippen molar-refractivity contribution < 1.29 is 9.00 Å². The number of nitrogens with one attached hydrogen (secondary N) is 2. The highest BCUT2D eigenvalue weighted by Gasteiger charge is 2.26. The van der Waals surface area contributed by atoms with Crippen LogP contribution in [0.1, 0.15) is 19.3 Å². The number of carbonyl (C=O) groups is 1. The fourth-order valence-electron chi connectivity index (χ4n) is 2.14. The summed E-state index contributed by atoms with van der Waals surface area (Å²) in [6.07, 6.45) is 2.70. The highest BCUT2D eigenvalue weighted by Crippen LogP contribution is 2.12. The highest BCUT2D eigenvalue weighted by atomic mass is 32.2. The van der Waals surface area contributed by atoms with Gasteiger partial charge >= 0.3 is 0 Å². The van der Waals surface area contributed by atoms with Gasteiger partial charge in [-0.2, -0.15) is 0 Å².